The van der Waals surface area contributed by atoms with E-state index in [1.54, 1.807) is 13.0 Å². The minimum Gasteiger partial charge on any atom is -0.378 e. The molecule has 2 aromatic carbocycles. The summed E-state index contributed by atoms with van der Waals surface area (Å²) in [5, 5.41) is 3.16. The van der Waals surface area contributed by atoms with Gasteiger partial charge in [-0.1, -0.05) is 6.07 Å². The van der Waals surface area contributed by atoms with Gasteiger partial charge in [0.1, 0.15) is 5.82 Å². The molecule has 0 saturated heterocycles. The van der Waals surface area contributed by atoms with Gasteiger partial charge in [-0.25, -0.2) is 13.2 Å². The lowest BCUT2D eigenvalue weighted by Gasteiger charge is -2.18. The highest BCUT2D eigenvalue weighted by atomic mass is 79.9. The molecular formula is C15H13BrF3N. The number of benzene rings is 2. The molecule has 106 valence electrons. The zero-order chi connectivity index (χ0) is 14.9. The number of nitrogens with one attached hydrogen (secondary N) is 1. The van der Waals surface area contributed by atoms with Crippen LogP contribution in [0.4, 0.5) is 18.9 Å². The van der Waals surface area contributed by atoms with Crippen molar-refractivity contribution >= 4 is 21.6 Å². The third-order valence-corrected chi connectivity index (χ3v) is 3.69. The molecule has 0 saturated carbocycles. The Morgan fingerprint density at radius 1 is 1.00 bits per heavy atom. The summed E-state index contributed by atoms with van der Waals surface area (Å²) in [6.07, 6.45) is 0. The lowest BCUT2D eigenvalue weighted by molar-refractivity contribution is 0.506. The van der Waals surface area contributed by atoms with Crippen molar-refractivity contribution in [3.63, 3.8) is 0 Å². The molecule has 20 heavy (non-hydrogen) atoms. The summed E-state index contributed by atoms with van der Waals surface area (Å²) >= 11 is 3.12. The molecule has 0 fully saturated rings. The zero-order valence-electron chi connectivity index (χ0n) is 11.0. The maximum Gasteiger partial charge on any atom is 0.159 e. The SMILES string of the molecule is Cc1cc(F)c(Br)cc1NC(C)c1ccc(F)c(F)c1. The second-order valence-corrected chi connectivity index (χ2v) is 5.48. The van der Waals surface area contributed by atoms with Crippen LogP contribution >= 0.6 is 15.9 Å². The van der Waals surface area contributed by atoms with Gasteiger partial charge in [0.15, 0.2) is 11.6 Å². The van der Waals surface area contributed by atoms with Crippen LogP contribution in [0.5, 0.6) is 0 Å². The van der Waals surface area contributed by atoms with Gasteiger partial charge in [-0.2, -0.15) is 0 Å². The van der Waals surface area contributed by atoms with E-state index in [0.717, 1.165) is 23.4 Å². The molecular weight excluding hydrogens is 331 g/mol. The molecule has 0 aliphatic rings. The van der Waals surface area contributed by atoms with Gasteiger partial charge in [0.2, 0.25) is 0 Å². The summed E-state index contributed by atoms with van der Waals surface area (Å²) in [6, 6.07) is 6.56. The minimum absolute atomic E-state index is 0.235. The van der Waals surface area contributed by atoms with Crippen molar-refractivity contribution in [3.05, 3.63) is 63.4 Å². The van der Waals surface area contributed by atoms with Crippen LogP contribution in [0, 0.1) is 24.4 Å². The molecule has 0 amide bonds. The maximum atomic E-state index is 13.4. The predicted molar refractivity (Wildman–Crippen MR) is 77.2 cm³/mol. The maximum absolute atomic E-state index is 13.4. The fourth-order valence-electron chi connectivity index (χ4n) is 1.90. The standard InChI is InChI=1S/C15H13BrF3N/c1-8-5-13(18)11(16)7-15(8)20-9(2)10-3-4-12(17)14(19)6-10/h3-7,9,20H,1-2H3. The molecule has 2 rings (SSSR count). The van der Waals surface area contributed by atoms with Gasteiger partial charge in [-0.3, -0.25) is 0 Å². The molecule has 0 aromatic heterocycles. The molecule has 0 heterocycles. The molecule has 0 bridgehead atoms. The van der Waals surface area contributed by atoms with Crippen molar-refractivity contribution in [2.24, 2.45) is 0 Å². The van der Waals surface area contributed by atoms with Crippen LogP contribution in [-0.4, -0.2) is 0 Å². The highest BCUT2D eigenvalue weighted by Crippen LogP contribution is 2.28. The van der Waals surface area contributed by atoms with Crippen LogP contribution in [0.3, 0.4) is 0 Å². The van der Waals surface area contributed by atoms with Crippen LogP contribution in [0.15, 0.2) is 34.8 Å². The number of hydrogen-bond donors (Lipinski definition) is 1. The van der Waals surface area contributed by atoms with Crippen LogP contribution in [0.1, 0.15) is 24.1 Å². The van der Waals surface area contributed by atoms with E-state index in [2.05, 4.69) is 21.2 Å². The fourth-order valence-corrected chi connectivity index (χ4v) is 2.24. The van der Waals surface area contributed by atoms with E-state index in [-0.39, 0.29) is 11.9 Å². The van der Waals surface area contributed by atoms with Gasteiger partial charge in [0.05, 0.1) is 4.47 Å². The molecule has 2 aromatic rings. The van der Waals surface area contributed by atoms with Gasteiger partial charge in [0.25, 0.3) is 0 Å². The second-order valence-electron chi connectivity index (χ2n) is 4.62. The first-order chi connectivity index (χ1) is 9.38. The molecule has 1 nitrogen and oxygen atoms in total. The summed E-state index contributed by atoms with van der Waals surface area (Å²) in [5.41, 5.74) is 2.08. The largest absolute Gasteiger partial charge is 0.378 e. The molecule has 0 spiro atoms. The summed E-state index contributed by atoms with van der Waals surface area (Å²) in [6.45, 7) is 3.60. The van der Waals surface area contributed by atoms with E-state index in [0.29, 0.717) is 10.0 Å². The van der Waals surface area contributed by atoms with Gasteiger partial charge in [-0.05, 0) is 65.2 Å². The minimum atomic E-state index is -0.881. The third-order valence-electron chi connectivity index (χ3n) is 3.08. The highest BCUT2D eigenvalue weighted by Gasteiger charge is 2.12. The lowest BCUT2D eigenvalue weighted by atomic mass is 10.1. The van der Waals surface area contributed by atoms with Crippen molar-refractivity contribution < 1.29 is 13.2 Å². The van der Waals surface area contributed by atoms with E-state index in [1.165, 1.54) is 12.1 Å². The lowest BCUT2D eigenvalue weighted by Crippen LogP contribution is -2.08. The first-order valence-electron chi connectivity index (χ1n) is 6.05. The fraction of sp³-hybridized carbons (Fsp3) is 0.200. The average Bonchev–Trinajstić information content (AvgIpc) is 2.39. The molecule has 1 unspecified atom stereocenters. The average molecular weight is 344 g/mol. The van der Waals surface area contributed by atoms with E-state index >= 15 is 0 Å². The summed E-state index contributed by atoms with van der Waals surface area (Å²) in [5.74, 6) is -2.09. The second kappa shape index (κ2) is 5.87. The Labute approximate surface area is 123 Å². The van der Waals surface area contributed by atoms with Crippen molar-refractivity contribution in [2.75, 3.05) is 5.32 Å². The Kier molecular flexibility index (Phi) is 4.38. The van der Waals surface area contributed by atoms with Crippen LogP contribution in [0.25, 0.3) is 0 Å². The Hall–Kier alpha value is -1.49. The number of hydrogen-bond acceptors (Lipinski definition) is 1. The zero-order valence-corrected chi connectivity index (χ0v) is 12.6. The Balaban J connectivity index is 2.25. The summed E-state index contributed by atoms with van der Waals surface area (Å²) in [4.78, 5) is 0. The molecule has 5 heteroatoms. The molecule has 1 atom stereocenters. The summed E-state index contributed by atoms with van der Waals surface area (Å²) < 4.78 is 39.8. The molecule has 0 aliphatic carbocycles. The number of aryl methyl sites for hydroxylation is 1. The molecule has 0 radical (unpaired) electrons. The molecule has 1 N–H and O–H groups in total. The van der Waals surface area contributed by atoms with E-state index in [4.69, 9.17) is 0 Å². The van der Waals surface area contributed by atoms with Gasteiger partial charge < -0.3 is 5.32 Å². The Morgan fingerprint density at radius 2 is 1.70 bits per heavy atom. The van der Waals surface area contributed by atoms with Gasteiger partial charge in [0, 0.05) is 11.7 Å². The van der Waals surface area contributed by atoms with Gasteiger partial charge >= 0.3 is 0 Å². The first-order valence-corrected chi connectivity index (χ1v) is 6.85. The number of rotatable bonds is 3. The van der Waals surface area contributed by atoms with Gasteiger partial charge in [-0.15, -0.1) is 0 Å². The van der Waals surface area contributed by atoms with E-state index in [1.807, 2.05) is 6.92 Å². The van der Waals surface area contributed by atoms with Crippen molar-refractivity contribution in [1.82, 2.24) is 0 Å². The first kappa shape index (κ1) is 14.9. The highest BCUT2D eigenvalue weighted by molar-refractivity contribution is 9.10. The van der Waals surface area contributed by atoms with E-state index < -0.39 is 11.6 Å². The van der Waals surface area contributed by atoms with E-state index in [9.17, 15) is 13.2 Å². The van der Waals surface area contributed by atoms with Crippen molar-refractivity contribution in [3.8, 4) is 0 Å². The van der Waals surface area contributed by atoms with Crippen LogP contribution in [-0.2, 0) is 0 Å². The smallest absolute Gasteiger partial charge is 0.159 e. The summed E-state index contributed by atoms with van der Waals surface area (Å²) in [7, 11) is 0. The quantitative estimate of drug-likeness (QED) is 0.792. The Morgan fingerprint density at radius 3 is 2.35 bits per heavy atom. The van der Waals surface area contributed by atoms with Crippen LogP contribution < -0.4 is 5.32 Å². The number of anilines is 1. The Bertz CT molecular complexity index is 643. The molecule has 0 aliphatic heterocycles. The predicted octanol–water partition coefficient (Wildman–Crippen LogP) is 5.35. The topological polar surface area (TPSA) is 12.0 Å². The van der Waals surface area contributed by atoms with Crippen molar-refractivity contribution in [1.29, 1.82) is 0 Å². The monoisotopic (exact) mass is 343 g/mol. The normalized spacial score (nSPS) is 12.3. The number of halogens is 4. The third kappa shape index (κ3) is 3.15. The van der Waals surface area contributed by atoms with Crippen LogP contribution in [0.2, 0.25) is 0 Å². The van der Waals surface area contributed by atoms with Crippen molar-refractivity contribution in [2.45, 2.75) is 19.9 Å².